The monoisotopic (exact) mass is 489 g/mol. The first-order valence-electron chi connectivity index (χ1n) is 11.6. The zero-order chi connectivity index (χ0) is 24.7. The summed E-state index contributed by atoms with van der Waals surface area (Å²) in [6.45, 7) is 2.41. The average Bonchev–Trinajstić information content (AvgIpc) is 3.45. The van der Waals surface area contributed by atoms with Gasteiger partial charge in [0.1, 0.15) is 6.73 Å². The molecule has 4 aromatic rings. The van der Waals surface area contributed by atoms with E-state index in [-0.39, 0.29) is 37.5 Å². The first kappa shape index (κ1) is 26.3. The Kier molecular flexibility index (Phi) is 8.85. The molecule has 1 N–H and O–H groups in total. The van der Waals surface area contributed by atoms with Crippen LogP contribution in [0.3, 0.4) is 0 Å². The number of rotatable bonds is 8. The van der Waals surface area contributed by atoms with E-state index in [4.69, 9.17) is 9.47 Å². The molecule has 1 aromatic carbocycles. The van der Waals surface area contributed by atoms with Crippen LogP contribution in [0.25, 0.3) is 33.8 Å². The average molecular weight is 489 g/mol. The van der Waals surface area contributed by atoms with Gasteiger partial charge >= 0.3 is 18.9 Å². The summed E-state index contributed by atoms with van der Waals surface area (Å²) in [5, 5.41) is 7.25. The summed E-state index contributed by atoms with van der Waals surface area (Å²) >= 11 is 0. The van der Waals surface area contributed by atoms with E-state index in [1.165, 1.54) is 6.47 Å². The zero-order valence-corrected chi connectivity index (χ0v) is 20.5. The van der Waals surface area contributed by atoms with Crippen molar-refractivity contribution in [3.63, 3.8) is 0 Å². The Bertz CT molecular complexity index is 1320. The van der Waals surface area contributed by atoms with E-state index < -0.39 is 0 Å². The van der Waals surface area contributed by atoms with Crippen LogP contribution in [-0.2, 0) is 14.3 Å². The van der Waals surface area contributed by atoms with Crippen LogP contribution in [0, 0.1) is 0 Å². The molecule has 0 radical (unpaired) electrons. The maximum Gasteiger partial charge on any atom is 1.00 e. The molecule has 0 unspecified atom stereocenters. The molecular weight excluding hydrogens is 465 g/mol. The van der Waals surface area contributed by atoms with Crippen molar-refractivity contribution >= 4 is 12.4 Å². The molecule has 1 saturated heterocycles. The minimum atomic E-state index is -0.205. The molecule has 1 aliphatic heterocycles. The van der Waals surface area contributed by atoms with Gasteiger partial charge in [-0.1, -0.05) is 24.7 Å². The van der Waals surface area contributed by atoms with Gasteiger partial charge in [0.25, 0.3) is 5.91 Å². The van der Waals surface area contributed by atoms with Crippen molar-refractivity contribution in [1.82, 2.24) is 25.1 Å². The Hall–Kier alpha value is -3.77. The van der Waals surface area contributed by atoms with Gasteiger partial charge in [0, 0.05) is 48.3 Å². The van der Waals surface area contributed by atoms with Gasteiger partial charge in [-0.3, -0.25) is 19.9 Å². The number of hydrogen-bond acceptors (Lipinski definition) is 7. The van der Waals surface area contributed by atoms with E-state index in [0.717, 1.165) is 33.8 Å². The van der Waals surface area contributed by atoms with E-state index in [2.05, 4.69) is 20.2 Å². The van der Waals surface area contributed by atoms with Crippen LogP contribution >= 0.6 is 0 Å². The number of benzene rings is 1. The second-order valence-corrected chi connectivity index (χ2v) is 8.36. The molecule has 4 heterocycles. The normalized spacial score (nSPS) is 13.4. The molecule has 9 nitrogen and oxygen atoms in total. The molecule has 0 atom stereocenters. The Balaban J connectivity index is 0.00000320. The predicted octanol–water partition coefficient (Wildman–Crippen LogP) is 0.867. The van der Waals surface area contributed by atoms with Crippen LogP contribution in [0.1, 0.15) is 23.2 Å². The number of hydrogen-bond donors (Lipinski definition) is 1. The number of carbonyl (C=O) groups excluding carboxylic acids is 2. The van der Waals surface area contributed by atoms with Gasteiger partial charge < -0.3 is 19.2 Å². The summed E-state index contributed by atoms with van der Waals surface area (Å²) in [7, 11) is 0. The molecule has 5 rings (SSSR count). The molecule has 1 amide bonds. The number of nitrogens with zero attached hydrogens (tertiary/aromatic N) is 4. The van der Waals surface area contributed by atoms with Crippen LogP contribution in [-0.4, -0.2) is 63.4 Å². The Morgan fingerprint density at radius 3 is 2.54 bits per heavy atom. The second kappa shape index (κ2) is 12.5. The van der Waals surface area contributed by atoms with Crippen molar-refractivity contribution in [2.45, 2.75) is 18.9 Å². The molecule has 1 fully saturated rings. The largest absolute Gasteiger partial charge is 1.00 e. The second-order valence-electron chi connectivity index (χ2n) is 8.36. The standard InChI is InChI=1S/C27H24N5O4.Li/c33-18-36-17-32(22-9-13-35-14-10-22)27(34)20-6-4-19(5-7-20)25-15-21(8-12-29-25)23-16-30-31-26(23)24-3-1-2-11-28-24;/h1-8,11-12,15-16,22H,9-10,13-14,17H2,(H,30,31);/q-1;+1. The first-order chi connectivity index (χ1) is 17.7. The van der Waals surface area contributed by atoms with Crippen molar-refractivity contribution in [2.24, 2.45) is 0 Å². The van der Waals surface area contributed by atoms with Gasteiger partial charge in [0.05, 0.1) is 23.3 Å². The molecule has 37 heavy (non-hydrogen) atoms. The quantitative estimate of drug-likeness (QED) is 0.222. The molecule has 0 saturated carbocycles. The third-order valence-corrected chi connectivity index (χ3v) is 6.21. The van der Waals surface area contributed by atoms with Crippen LogP contribution in [0.5, 0.6) is 0 Å². The molecule has 3 aromatic heterocycles. The topological polar surface area (TPSA) is 110 Å². The van der Waals surface area contributed by atoms with Gasteiger partial charge in [-0.25, -0.2) is 0 Å². The third-order valence-electron chi connectivity index (χ3n) is 6.21. The van der Waals surface area contributed by atoms with Gasteiger partial charge in [-0.2, -0.15) is 5.10 Å². The number of H-pyrrole nitrogens is 1. The Morgan fingerprint density at radius 2 is 1.81 bits per heavy atom. The van der Waals surface area contributed by atoms with E-state index >= 15 is 0 Å². The van der Waals surface area contributed by atoms with Crippen LogP contribution in [0.4, 0.5) is 0 Å². The summed E-state index contributed by atoms with van der Waals surface area (Å²) in [5.74, 6) is -0.205. The predicted molar refractivity (Wildman–Crippen MR) is 132 cm³/mol. The van der Waals surface area contributed by atoms with Crippen molar-refractivity contribution in [3.05, 3.63) is 78.8 Å². The molecule has 0 bridgehead atoms. The number of aromatic amines is 1. The number of ether oxygens (including phenoxy) is 2. The van der Waals surface area contributed by atoms with E-state index in [0.29, 0.717) is 31.6 Å². The summed E-state index contributed by atoms with van der Waals surface area (Å²) in [6.07, 6.45) is 6.65. The molecule has 0 spiro atoms. The molecule has 182 valence electrons. The number of amides is 1. The summed E-state index contributed by atoms with van der Waals surface area (Å²) in [6, 6.07) is 16.8. The molecule has 10 heteroatoms. The van der Waals surface area contributed by atoms with Gasteiger partial charge in [-0.05, 0) is 54.8 Å². The summed E-state index contributed by atoms with van der Waals surface area (Å²) < 4.78 is 10.2. The fourth-order valence-electron chi connectivity index (χ4n) is 4.34. The van der Waals surface area contributed by atoms with Crippen molar-refractivity contribution in [2.75, 3.05) is 19.9 Å². The minimum Gasteiger partial charge on any atom is -0.639 e. The van der Waals surface area contributed by atoms with E-state index in [1.807, 2.05) is 42.5 Å². The Morgan fingerprint density at radius 1 is 1.03 bits per heavy atom. The number of aromatic nitrogens is 4. The number of pyridine rings is 2. The first-order valence-corrected chi connectivity index (χ1v) is 11.6. The van der Waals surface area contributed by atoms with Gasteiger partial charge in [0.15, 0.2) is 0 Å². The van der Waals surface area contributed by atoms with Crippen molar-refractivity contribution in [3.8, 4) is 33.8 Å². The number of carbonyl (C=O) groups is 1. The smallest absolute Gasteiger partial charge is 0.639 e. The minimum absolute atomic E-state index is 0. The number of nitrogens with one attached hydrogen (secondary N) is 1. The molecule has 0 aliphatic carbocycles. The fourth-order valence-corrected chi connectivity index (χ4v) is 4.34. The maximum absolute atomic E-state index is 13.2. The van der Waals surface area contributed by atoms with Crippen molar-refractivity contribution < 1.29 is 37.9 Å². The Labute approximate surface area is 226 Å². The zero-order valence-electron chi connectivity index (χ0n) is 20.5. The SMILES string of the molecule is O=[C-]OCN(C(=O)c1ccc(-c2cc(-c3cn[nH]c3-c3ccccn3)ccn2)cc1)C1CCOCC1.[Li+]. The van der Waals surface area contributed by atoms with E-state index in [9.17, 15) is 9.59 Å². The van der Waals surface area contributed by atoms with Crippen LogP contribution < -0.4 is 18.9 Å². The summed E-state index contributed by atoms with van der Waals surface area (Å²) in [5.41, 5.74) is 5.63. The van der Waals surface area contributed by atoms with Crippen LogP contribution in [0.2, 0.25) is 0 Å². The third kappa shape index (κ3) is 5.97. The summed E-state index contributed by atoms with van der Waals surface area (Å²) in [4.78, 5) is 34.4. The van der Waals surface area contributed by atoms with E-state index in [1.54, 1.807) is 35.6 Å². The van der Waals surface area contributed by atoms with Gasteiger partial charge in [-0.15, -0.1) is 0 Å². The van der Waals surface area contributed by atoms with Crippen LogP contribution in [0.15, 0.2) is 73.2 Å². The maximum atomic E-state index is 13.2. The molecular formula is C27H24LiN5O4. The fraction of sp³-hybridized carbons (Fsp3) is 0.222. The molecule has 1 aliphatic rings. The van der Waals surface area contributed by atoms with Gasteiger partial charge in [0.2, 0.25) is 0 Å². The van der Waals surface area contributed by atoms with Crippen molar-refractivity contribution in [1.29, 1.82) is 0 Å².